The minimum atomic E-state index is -3.63. The van der Waals surface area contributed by atoms with Gasteiger partial charge in [0, 0.05) is 19.7 Å². The lowest BCUT2D eigenvalue weighted by Gasteiger charge is -2.13. The first-order chi connectivity index (χ1) is 13.2. The van der Waals surface area contributed by atoms with Crippen molar-refractivity contribution in [2.45, 2.75) is 18.7 Å². The fraction of sp³-hybridized carbons (Fsp3) is 0.263. The summed E-state index contributed by atoms with van der Waals surface area (Å²) in [6.45, 7) is 4.24. The molecule has 28 heavy (non-hydrogen) atoms. The van der Waals surface area contributed by atoms with Crippen LogP contribution in [0.4, 0.5) is 5.13 Å². The molecule has 0 saturated carbocycles. The summed E-state index contributed by atoms with van der Waals surface area (Å²) < 4.78 is 32.2. The Labute approximate surface area is 168 Å². The Kier molecular flexibility index (Phi) is 5.69. The van der Waals surface area contributed by atoms with Gasteiger partial charge in [-0.2, -0.15) is 0 Å². The van der Waals surface area contributed by atoms with Gasteiger partial charge in [0.2, 0.25) is 10.0 Å². The Bertz CT molecular complexity index is 1140. The first-order valence-corrected chi connectivity index (χ1v) is 10.9. The topological polar surface area (TPSA) is 88.6 Å². The van der Waals surface area contributed by atoms with Gasteiger partial charge in [-0.05, 0) is 49.7 Å². The summed E-state index contributed by atoms with van der Waals surface area (Å²) in [4.78, 5) is 17.2. The van der Waals surface area contributed by atoms with Gasteiger partial charge in [0.25, 0.3) is 5.91 Å². The number of ether oxygens (including phenoxy) is 1. The number of nitrogens with zero attached hydrogens (tertiary/aromatic N) is 2. The van der Waals surface area contributed by atoms with Gasteiger partial charge >= 0.3 is 0 Å². The van der Waals surface area contributed by atoms with Crippen LogP contribution in [0, 0.1) is 6.92 Å². The average molecular weight is 420 g/mol. The predicted octanol–water partition coefficient (Wildman–Crippen LogP) is 3.51. The van der Waals surface area contributed by atoms with E-state index in [1.807, 2.05) is 25.1 Å². The van der Waals surface area contributed by atoms with Crippen molar-refractivity contribution >= 4 is 42.6 Å². The number of carbonyl (C=O) groups excluding carboxylic acids is 1. The lowest BCUT2D eigenvalue weighted by molar-refractivity contribution is 0.102. The highest BCUT2D eigenvalue weighted by Crippen LogP contribution is 2.30. The lowest BCUT2D eigenvalue weighted by Crippen LogP contribution is -2.23. The molecule has 0 fully saturated rings. The van der Waals surface area contributed by atoms with Crippen molar-refractivity contribution in [3.63, 3.8) is 0 Å². The van der Waals surface area contributed by atoms with Crippen molar-refractivity contribution < 1.29 is 17.9 Å². The molecule has 1 N–H and O–H groups in total. The monoisotopic (exact) mass is 419 g/mol. The van der Waals surface area contributed by atoms with Crippen LogP contribution in [-0.2, 0) is 10.0 Å². The van der Waals surface area contributed by atoms with Gasteiger partial charge in [0.1, 0.15) is 5.75 Å². The standard InChI is InChI=1S/C19H21N3O4S2/c1-5-26-13-7-9-16-17(10-13)27-19(20-16)21-18(23)15-11-14(8-6-12(15)2)28(24,25)22(3)4/h6-11H,5H2,1-4H3,(H,20,21,23). The third-order valence-electron chi connectivity index (χ3n) is 4.12. The maximum atomic E-state index is 12.8. The molecule has 0 aliphatic carbocycles. The first-order valence-electron chi connectivity index (χ1n) is 8.60. The van der Waals surface area contributed by atoms with Crippen LogP contribution in [-0.4, -0.2) is 44.3 Å². The summed E-state index contributed by atoms with van der Waals surface area (Å²) in [5.74, 6) is 0.339. The summed E-state index contributed by atoms with van der Waals surface area (Å²) >= 11 is 1.33. The molecule has 0 radical (unpaired) electrons. The Balaban J connectivity index is 1.90. The molecule has 0 bridgehead atoms. The molecular weight excluding hydrogens is 398 g/mol. The molecule has 0 saturated heterocycles. The number of benzene rings is 2. The van der Waals surface area contributed by atoms with Crippen molar-refractivity contribution in [2.24, 2.45) is 0 Å². The SMILES string of the molecule is CCOc1ccc2nc(NC(=O)c3cc(S(=O)(=O)N(C)C)ccc3C)sc2c1. The number of rotatable bonds is 6. The number of hydrogen-bond donors (Lipinski definition) is 1. The van der Waals surface area contributed by atoms with Crippen LogP contribution in [0.1, 0.15) is 22.8 Å². The van der Waals surface area contributed by atoms with Gasteiger partial charge in [-0.1, -0.05) is 17.4 Å². The van der Waals surface area contributed by atoms with Crippen molar-refractivity contribution in [2.75, 3.05) is 26.0 Å². The molecule has 1 aromatic heterocycles. The number of amides is 1. The average Bonchev–Trinajstić information content (AvgIpc) is 3.03. The lowest BCUT2D eigenvalue weighted by atomic mass is 10.1. The van der Waals surface area contributed by atoms with E-state index in [4.69, 9.17) is 4.74 Å². The van der Waals surface area contributed by atoms with Crippen LogP contribution >= 0.6 is 11.3 Å². The zero-order chi connectivity index (χ0) is 20.5. The molecule has 0 aliphatic rings. The number of thiazole rings is 1. The van der Waals surface area contributed by atoms with E-state index in [1.54, 1.807) is 13.0 Å². The van der Waals surface area contributed by atoms with E-state index in [9.17, 15) is 13.2 Å². The number of hydrogen-bond acceptors (Lipinski definition) is 6. The van der Waals surface area contributed by atoms with E-state index in [0.29, 0.717) is 17.3 Å². The highest BCUT2D eigenvalue weighted by molar-refractivity contribution is 7.89. The van der Waals surface area contributed by atoms with Crippen LogP contribution in [0.15, 0.2) is 41.3 Å². The number of carbonyl (C=O) groups is 1. The third-order valence-corrected chi connectivity index (χ3v) is 6.87. The molecule has 1 heterocycles. The summed E-state index contributed by atoms with van der Waals surface area (Å²) in [5.41, 5.74) is 1.72. The molecule has 3 rings (SSSR count). The van der Waals surface area contributed by atoms with Gasteiger partial charge in [-0.15, -0.1) is 0 Å². The van der Waals surface area contributed by atoms with Crippen LogP contribution < -0.4 is 10.1 Å². The Hall–Kier alpha value is -2.49. The molecule has 0 spiro atoms. The largest absolute Gasteiger partial charge is 0.494 e. The van der Waals surface area contributed by atoms with E-state index in [-0.39, 0.29) is 10.5 Å². The Morgan fingerprint density at radius 1 is 1.21 bits per heavy atom. The van der Waals surface area contributed by atoms with Gasteiger partial charge in [-0.25, -0.2) is 17.7 Å². The van der Waals surface area contributed by atoms with Gasteiger partial charge in [-0.3, -0.25) is 10.1 Å². The Morgan fingerprint density at radius 2 is 1.96 bits per heavy atom. The van der Waals surface area contributed by atoms with Crippen LogP contribution in [0.3, 0.4) is 0 Å². The minimum Gasteiger partial charge on any atom is -0.494 e. The fourth-order valence-electron chi connectivity index (χ4n) is 2.60. The second-order valence-corrected chi connectivity index (χ2v) is 9.48. The van der Waals surface area contributed by atoms with E-state index < -0.39 is 15.9 Å². The number of aromatic nitrogens is 1. The van der Waals surface area contributed by atoms with Gasteiger partial charge < -0.3 is 4.74 Å². The van der Waals surface area contributed by atoms with Gasteiger partial charge in [0.05, 0.1) is 21.7 Å². The summed E-state index contributed by atoms with van der Waals surface area (Å²) in [6.07, 6.45) is 0. The van der Waals surface area contributed by atoms with Crippen LogP contribution in [0.2, 0.25) is 0 Å². The van der Waals surface area contributed by atoms with Gasteiger partial charge in [0.15, 0.2) is 5.13 Å². The molecule has 0 aliphatic heterocycles. The zero-order valence-electron chi connectivity index (χ0n) is 16.0. The van der Waals surface area contributed by atoms with E-state index in [0.717, 1.165) is 20.3 Å². The van der Waals surface area contributed by atoms with Crippen LogP contribution in [0.25, 0.3) is 10.2 Å². The fourth-order valence-corrected chi connectivity index (χ4v) is 4.41. The number of aryl methyl sites for hydroxylation is 1. The van der Waals surface area contributed by atoms with Crippen molar-refractivity contribution in [3.8, 4) is 5.75 Å². The van der Waals surface area contributed by atoms with Crippen molar-refractivity contribution in [3.05, 3.63) is 47.5 Å². The minimum absolute atomic E-state index is 0.0684. The molecule has 2 aromatic carbocycles. The van der Waals surface area contributed by atoms with Crippen LogP contribution in [0.5, 0.6) is 5.75 Å². The maximum absolute atomic E-state index is 12.8. The molecular formula is C19H21N3O4S2. The molecule has 0 unspecified atom stereocenters. The van der Waals surface area contributed by atoms with E-state index in [1.165, 1.54) is 37.6 Å². The molecule has 148 valence electrons. The maximum Gasteiger partial charge on any atom is 0.257 e. The number of nitrogens with one attached hydrogen (secondary N) is 1. The number of fused-ring (bicyclic) bond motifs is 1. The summed E-state index contributed by atoms with van der Waals surface area (Å²) in [6, 6.07) is 10.0. The van der Waals surface area contributed by atoms with E-state index in [2.05, 4.69) is 10.3 Å². The Morgan fingerprint density at radius 3 is 2.64 bits per heavy atom. The molecule has 7 nitrogen and oxygen atoms in total. The molecule has 3 aromatic rings. The van der Waals surface area contributed by atoms with Crippen molar-refractivity contribution in [1.82, 2.24) is 9.29 Å². The highest BCUT2D eigenvalue weighted by Gasteiger charge is 2.20. The normalized spacial score (nSPS) is 11.8. The smallest absolute Gasteiger partial charge is 0.257 e. The summed E-state index contributed by atoms with van der Waals surface area (Å²) in [5, 5.41) is 3.21. The highest BCUT2D eigenvalue weighted by atomic mass is 32.2. The zero-order valence-corrected chi connectivity index (χ0v) is 17.6. The second kappa shape index (κ2) is 7.86. The van der Waals surface area contributed by atoms with E-state index >= 15 is 0 Å². The number of anilines is 1. The first kappa shape index (κ1) is 20.2. The molecule has 1 amide bonds. The molecule has 9 heteroatoms. The second-order valence-electron chi connectivity index (χ2n) is 6.30. The predicted molar refractivity (Wildman–Crippen MR) is 111 cm³/mol. The summed E-state index contributed by atoms with van der Waals surface area (Å²) in [7, 11) is -0.725. The van der Waals surface area contributed by atoms with Crippen molar-refractivity contribution in [1.29, 1.82) is 0 Å². The quantitative estimate of drug-likeness (QED) is 0.661. The number of sulfonamides is 1. The molecule has 0 atom stereocenters. The third kappa shape index (κ3) is 4.01.